The van der Waals surface area contributed by atoms with E-state index < -0.39 is 58.7 Å². The van der Waals surface area contributed by atoms with E-state index in [-0.39, 0.29) is 30.2 Å². The van der Waals surface area contributed by atoms with Gasteiger partial charge in [-0.15, -0.1) is 13.2 Å². The van der Waals surface area contributed by atoms with E-state index in [9.17, 15) is 24.0 Å². The molecule has 4 amide bonds. The predicted molar refractivity (Wildman–Crippen MR) is 153 cm³/mol. The number of alkyl carbamates (subject to hydrolysis) is 1. The fraction of sp³-hybridized carbons (Fsp3) is 0.700. The van der Waals surface area contributed by atoms with Crippen LogP contribution in [-0.2, 0) is 23.9 Å². The van der Waals surface area contributed by atoms with Gasteiger partial charge in [-0.05, 0) is 62.7 Å². The third-order valence-corrected chi connectivity index (χ3v) is 7.68. The molecule has 40 heavy (non-hydrogen) atoms. The predicted octanol–water partition coefficient (Wildman–Crippen LogP) is 3.12. The number of nitrogens with one attached hydrogen (secondary N) is 3. The maximum absolute atomic E-state index is 14.0. The second-order valence-corrected chi connectivity index (χ2v) is 13.5. The minimum Gasteiger partial charge on any atom is -0.444 e. The van der Waals surface area contributed by atoms with Crippen LogP contribution in [0.5, 0.6) is 0 Å². The molecule has 0 bridgehead atoms. The largest absolute Gasteiger partial charge is 0.444 e. The van der Waals surface area contributed by atoms with Crippen LogP contribution in [-0.4, -0.2) is 71.3 Å². The smallest absolute Gasteiger partial charge is 0.408 e. The van der Waals surface area contributed by atoms with Crippen LogP contribution in [0.15, 0.2) is 25.3 Å². The molecule has 1 aliphatic heterocycles. The summed E-state index contributed by atoms with van der Waals surface area (Å²) < 4.78 is 5.40. The van der Waals surface area contributed by atoms with E-state index >= 15 is 0 Å². The number of nitrogens with zero attached hydrogens (tertiary/aromatic N) is 1. The lowest BCUT2D eigenvalue weighted by Gasteiger charge is -2.38. The van der Waals surface area contributed by atoms with Gasteiger partial charge < -0.3 is 25.6 Å². The third kappa shape index (κ3) is 7.95. The highest BCUT2D eigenvalue weighted by Gasteiger charge is 2.70. The molecule has 2 unspecified atom stereocenters. The number of ketones is 1. The first-order valence-corrected chi connectivity index (χ1v) is 14.0. The molecule has 5 atom stereocenters. The summed E-state index contributed by atoms with van der Waals surface area (Å²) in [4.78, 5) is 67.4. The zero-order valence-electron chi connectivity index (χ0n) is 25.4. The van der Waals surface area contributed by atoms with Gasteiger partial charge in [-0.1, -0.05) is 46.8 Å². The van der Waals surface area contributed by atoms with E-state index in [0.29, 0.717) is 19.4 Å². The van der Waals surface area contributed by atoms with Gasteiger partial charge in [0.05, 0.1) is 6.04 Å². The van der Waals surface area contributed by atoms with Crippen molar-refractivity contribution in [3.05, 3.63) is 25.3 Å². The number of hydrogen-bond donors (Lipinski definition) is 3. The Labute approximate surface area is 238 Å². The summed E-state index contributed by atoms with van der Waals surface area (Å²) in [6.07, 6.45) is 3.64. The van der Waals surface area contributed by atoms with Crippen molar-refractivity contribution in [1.82, 2.24) is 20.9 Å². The second kappa shape index (κ2) is 12.6. The van der Waals surface area contributed by atoms with Gasteiger partial charge in [0.2, 0.25) is 17.6 Å². The quantitative estimate of drug-likeness (QED) is 0.191. The standard InChI is InChI=1S/C30H48N4O6/c1-11-13-15-19(22(35)25(37)31-16-14-12-2)32-24(36)21-20-18(30(20,9)10)17-34(21)26(38)23(28(3,4)5)33-27(39)40-29(6,7)8/h11-12,18-21,23H,1-2,13-17H2,3-10H3,(H,31,37)(H,32,36)(H,33,39)/t18-,19?,20?,21-,23+/m0/s1. The fourth-order valence-electron chi connectivity index (χ4n) is 5.40. The highest BCUT2D eigenvalue weighted by molar-refractivity contribution is 6.38. The van der Waals surface area contributed by atoms with Crippen molar-refractivity contribution in [2.45, 2.75) is 98.4 Å². The average Bonchev–Trinajstić information content (AvgIpc) is 3.15. The Morgan fingerprint density at radius 2 is 1.60 bits per heavy atom. The molecule has 1 saturated heterocycles. The lowest BCUT2D eigenvalue weighted by atomic mass is 9.85. The number of fused-ring (bicyclic) bond motifs is 1. The normalized spacial score (nSPS) is 22.7. The van der Waals surface area contributed by atoms with Gasteiger partial charge in [0.25, 0.3) is 5.91 Å². The summed E-state index contributed by atoms with van der Waals surface area (Å²) in [5, 5.41) is 8.04. The number of likely N-dealkylation sites (tertiary alicyclic amines) is 1. The van der Waals surface area contributed by atoms with Gasteiger partial charge in [0.1, 0.15) is 17.7 Å². The summed E-state index contributed by atoms with van der Waals surface area (Å²) in [5.74, 6) is -2.43. The van der Waals surface area contributed by atoms with Crippen molar-refractivity contribution >= 4 is 29.6 Å². The van der Waals surface area contributed by atoms with Crippen LogP contribution in [0.3, 0.4) is 0 Å². The fourth-order valence-corrected chi connectivity index (χ4v) is 5.40. The molecule has 10 heteroatoms. The summed E-state index contributed by atoms with van der Waals surface area (Å²) in [5.41, 5.74) is -1.59. The van der Waals surface area contributed by atoms with Crippen LogP contribution in [0.4, 0.5) is 4.79 Å². The number of amides is 4. The molecule has 224 valence electrons. The maximum atomic E-state index is 14.0. The molecule has 1 aliphatic carbocycles. The van der Waals surface area contributed by atoms with E-state index in [4.69, 9.17) is 4.74 Å². The summed E-state index contributed by atoms with van der Waals surface area (Å²) >= 11 is 0. The van der Waals surface area contributed by atoms with E-state index in [0.717, 1.165) is 0 Å². The zero-order valence-corrected chi connectivity index (χ0v) is 25.4. The average molecular weight is 561 g/mol. The van der Waals surface area contributed by atoms with E-state index in [1.807, 2.05) is 20.8 Å². The van der Waals surface area contributed by atoms with Gasteiger partial charge in [0, 0.05) is 13.1 Å². The SMILES string of the molecule is C=CCCNC(=O)C(=O)C(CCC=C)NC(=O)[C@@H]1C2[C@H](CN1C(=O)[C@@H](NC(=O)OC(C)(C)C)C(C)(C)C)C2(C)C. The lowest BCUT2D eigenvalue weighted by molar-refractivity contribution is -0.145. The minimum absolute atomic E-state index is 0.0962. The molecule has 0 spiro atoms. The highest BCUT2D eigenvalue weighted by atomic mass is 16.6. The Morgan fingerprint density at radius 1 is 1.00 bits per heavy atom. The number of allylic oxidation sites excluding steroid dienone is 1. The first-order valence-electron chi connectivity index (χ1n) is 14.0. The van der Waals surface area contributed by atoms with Crippen LogP contribution in [0.1, 0.15) is 74.7 Å². The molecule has 3 N–H and O–H groups in total. The Kier molecular flexibility index (Phi) is 10.4. The molecule has 2 aliphatic rings. The van der Waals surface area contributed by atoms with Gasteiger partial charge in [0.15, 0.2) is 0 Å². The first-order chi connectivity index (χ1) is 18.4. The molecule has 10 nitrogen and oxygen atoms in total. The number of piperidine rings is 1. The van der Waals surface area contributed by atoms with Crippen molar-refractivity contribution in [2.24, 2.45) is 22.7 Å². The van der Waals surface area contributed by atoms with E-state index in [1.165, 1.54) is 4.90 Å². The van der Waals surface area contributed by atoms with Crippen molar-refractivity contribution in [3.8, 4) is 0 Å². The van der Waals surface area contributed by atoms with Gasteiger partial charge in [-0.25, -0.2) is 4.79 Å². The van der Waals surface area contributed by atoms with Gasteiger partial charge in [-0.2, -0.15) is 0 Å². The summed E-state index contributed by atoms with van der Waals surface area (Å²) in [6, 6.07) is -2.86. The molecule has 1 heterocycles. The van der Waals surface area contributed by atoms with E-state index in [1.54, 1.807) is 32.9 Å². The lowest BCUT2D eigenvalue weighted by Crippen LogP contribution is -2.60. The third-order valence-electron chi connectivity index (χ3n) is 7.68. The zero-order chi connectivity index (χ0) is 30.6. The molecule has 2 rings (SSSR count). The molecule has 0 aromatic heterocycles. The summed E-state index contributed by atoms with van der Waals surface area (Å²) in [6.45, 7) is 22.7. The number of rotatable bonds is 12. The molecular formula is C30H48N4O6. The number of carbonyl (C=O) groups excluding carboxylic acids is 5. The maximum Gasteiger partial charge on any atom is 0.408 e. The van der Waals surface area contributed by atoms with Crippen molar-refractivity contribution < 1.29 is 28.7 Å². The van der Waals surface area contributed by atoms with Crippen LogP contribution < -0.4 is 16.0 Å². The molecule has 1 saturated carbocycles. The van der Waals surface area contributed by atoms with Crippen LogP contribution >= 0.6 is 0 Å². The van der Waals surface area contributed by atoms with E-state index in [2.05, 4.69) is 43.0 Å². The Balaban J connectivity index is 2.30. The molecule has 0 aromatic carbocycles. The van der Waals surface area contributed by atoms with Crippen LogP contribution in [0.25, 0.3) is 0 Å². The topological polar surface area (TPSA) is 134 Å². The molecule has 0 radical (unpaired) electrons. The first kappa shape index (κ1) is 33.0. The Morgan fingerprint density at radius 3 is 2.12 bits per heavy atom. The highest BCUT2D eigenvalue weighted by Crippen LogP contribution is 2.65. The Bertz CT molecular complexity index is 1020. The van der Waals surface area contributed by atoms with Crippen molar-refractivity contribution in [3.63, 3.8) is 0 Å². The van der Waals surface area contributed by atoms with Crippen LogP contribution in [0, 0.1) is 22.7 Å². The molecule has 2 fully saturated rings. The van der Waals surface area contributed by atoms with Crippen LogP contribution in [0.2, 0.25) is 0 Å². The number of Topliss-reactive ketones (excluding diaryl/α,β-unsaturated/α-hetero) is 1. The second-order valence-electron chi connectivity index (χ2n) is 13.5. The number of hydrogen-bond acceptors (Lipinski definition) is 6. The molecule has 0 aromatic rings. The minimum atomic E-state index is -1.06. The molecular weight excluding hydrogens is 512 g/mol. The summed E-state index contributed by atoms with van der Waals surface area (Å²) in [7, 11) is 0. The number of ether oxygens (including phenoxy) is 1. The van der Waals surface area contributed by atoms with Gasteiger partial charge in [-0.3, -0.25) is 19.2 Å². The van der Waals surface area contributed by atoms with Crippen molar-refractivity contribution in [2.75, 3.05) is 13.1 Å². The Hall–Kier alpha value is -3.17. The number of carbonyl (C=O) groups is 5. The monoisotopic (exact) mass is 560 g/mol. The van der Waals surface area contributed by atoms with Gasteiger partial charge >= 0.3 is 6.09 Å². The van der Waals surface area contributed by atoms with Crippen molar-refractivity contribution in [1.29, 1.82) is 0 Å².